The molecule has 7 heteroatoms. The van der Waals surface area contributed by atoms with Crippen molar-refractivity contribution >= 4 is 45.8 Å². The van der Waals surface area contributed by atoms with Crippen molar-refractivity contribution in [3.05, 3.63) is 59.3 Å². The fraction of sp³-hybridized carbons (Fsp3) is 0.158. The maximum atomic E-state index is 6.02. The highest BCUT2D eigenvalue weighted by Gasteiger charge is 2.10. The van der Waals surface area contributed by atoms with E-state index in [1.165, 1.54) is 0 Å². The maximum absolute atomic E-state index is 6.02. The van der Waals surface area contributed by atoms with Crippen LogP contribution in [0.25, 0.3) is 10.9 Å². The quantitative estimate of drug-likeness (QED) is 0.314. The zero-order chi connectivity index (χ0) is 18.7. The van der Waals surface area contributed by atoms with E-state index in [0.29, 0.717) is 11.1 Å². The molecule has 1 aromatic heterocycles. The number of nitrogens with two attached hydrogens (primary N) is 1. The van der Waals surface area contributed by atoms with E-state index in [0.717, 1.165) is 33.4 Å². The smallest absolute Gasteiger partial charge is 0.310 e. The third-order valence-electron chi connectivity index (χ3n) is 4.01. The summed E-state index contributed by atoms with van der Waals surface area (Å²) in [5, 5.41) is 7.53. The molecule has 2 aromatic carbocycles. The highest BCUT2D eigenvalue weighted by molar-refractivity contribution is 7.80. The van der Waals surface area contributed by atoms with Gasteiger partial charge in [-0.15, -0.1) is 0 Å². The van der Waals surface area contributed by atoms with Gasteiger partial charge in [0.15, 0.2) is 0 Å². The van der Waals surface area contributed by atoms with E-state index in [9.17, 15) is 0 Å². The lowest BCUT2D eigenvalue weighted by Crippen LogP contribution is -2.82. The molecule has 0 unspecified atom stereocenters. The number of hydrogen-bond acceptors (Lipinski definition) is 3. The van der Waals surface area contributed by atoms with E-state index >= 15 is 0 Å². The summed E-state index contributed by atoms with van der Waals surface area (Å²) in [6.45, 7) is 5.98. The Balaban J connectivity index is 1.77. The topological polar surface area (TPSA) is 89.8 Å². The van der Waals surface area contributed by atoms with Crippen molar-refractivity contribution in [1.29, 1.82) is 0 Å². The lowest BCUT2D eigenvalue weighted by molar-refractivity contribution is -0.311. The molecule has 132 valence electrons. The minimum atomic E-state index is 0.253. The van der Waals surface area contributed by atoms with Crippen molar-refractivity contribution in [2.24, 2.45) is 5.73 Å². The molecule has 0 saturated carbocycles. The number of guanidine groups is 1. The molecule has 0 radical (unpaired) electrons. The lowest BCUT2D eigenvalue weighted by Gasteiger charge is -2.08. The first kappa shape index (κ1) is 17.8. The van der Waals surface area contributed by atoms with Gasteiger partial charge >= 0.3 is 5.96 Å². The second-order valence-electron chi connectivity index (χ2n) is 6.03. The van der Waals surface area contributed by atoms with Crippen LogP contribution < -0.4 is 21.4 Å². The predicted octanol–water partition coefficient (Wildman–Crippen LogP) is 1.76. The zero-order valence-corrected chi connectivity index (χ0v) is 15.7. The number of hydrogen-bond donors (Lipinski definition) is 4. The molecule has 0 spiro atoms. The summed E-state index contributed by atoms with van der Waals surface area (Å²) in [6, 6.07) is 13.9. The molecule has 0 bridgehead atoms. The van der Waals surface area contributed by atoms with E-state index in [1.54, 1.807) is 0 Å². The van der Waals surface area contributed by atoms with Crippen LogP contribution in [-0.4, -0.2) is 21.0 Å². The second-order valence-corrected chi connectivity index (χ2v) is 6.44. The largest absolute Gasteiger partial charge is 0.312 e. The fourth-order valence-corrected chi connectivity index (χ4v) is 2.93. The van der Waals surface area contributed by atoms with Crippen molar-refractivity contribution in [3.8, 4) is 0 Å². The van der Waals surface area contributed by atoms with Gasteiger partial charge in [-0.3, -0.25) is 5.32 Å². The Bertz CT molecular complexity index is 992. The number of aromatic nitrogens is 2. The van der Waals surface area contributed by atoms with E-state index in [-0.39, 0.29) is 5.96 Å². The summed E-state index contributed by atoms with van der Waals surface area (Å²) >= 11 is 5.35. The first-order valence-corrected chi connectivity index (χ1v) is 8.62. The fourth-order valence-electron chi connectivity index (χ4n) is 2.72. The third-order valence-corrected chi connectivity index (χ3v) is 4.21. The zero-order valence-electron chi connectivity index (χ0n) is 14.9. The number of benzene rings is 2. The monoisotopic (exact) mass is 365 g/mol. The van der Waals surface area contributed by atoms with E-state index in [1.807, 2.05) is 63.2 Å². The van der Waals surface area contributed by atoms with Gasteiger partial charge in [0.1, 0.15) is 0 Å². The van der Waals surface area contributed by atoms with Gasteiger partial charge in [-0.25, -0.2) is 20.3 Å². The maximum Gasteiger partial charge on any atom is 0.312 e. The molecule has 0 amide bonds. The Morgan fingerprint density at radius 3 is 2.38 bits per heavy atom. The van der Waals surface area contributed by atoms with Gasteiger partial charge < -0.3 is 5.73 Å². The molecule has 0 fully saturated rings. The van der Waals surface area contributed by atoms with Crippen LogP contribution in [0.1, 0.15) is 16.8 Å². The van der Waals surface area contributed by atoms with E-state index < -0.39 is 0 Å². The molecule has 3 aromatic rings. The number of anilines is 2. The Morgan fingerprint density at radius 1 is 0.962 bits per heavy atom. The average Bonchev–Trinajstić information content (AvgIpc) is 2.58. The van der Waals surface area contributed by atoms with Gasteiger partial charge in [0.05, 0.1) is 16.9 Å². The summed E-state index contributed by atoms with van der Waals surface area (Å²) in [5.74, 6) is 0.671. The Hall–Kier alpha value is -3.06. The number of para-hydroxylation sites is 2. The van der Waals surface area contributed by atoms with E-state index in [2.05, 4.69) is 25.6 Å². The van der Waals surface area contributed by atoms with Crippen molar-refractivity contribution in [1.82, 2.24) is 9.97 Å². The molecule has 3 rings (SSSR count). The normalized spacial score (nSPS) is 11.4. The summed E-state index contributed by atoms with van der Waals surface area (Å²) < 4.78 is 0. The molecule has 1 heterocycles. The van der Waals surface area contributed by atoms with E-state index in [4.69, 9.17) is 18.0 Å². The number of thiocarbonyl (C=S) groups is 1. The summed E-state index contributed by atoms with van der Waals surface area (Å²) in [5.41, 5.74) is 10.9. The predicted molar refractivity (Wildman–Crippen MR) is 110 cm³/mol. The first-order chi connectivity index (χ1) is 12.4. The van der Waals surface area contributed by atoms with Gasteiger partial charge in [0.2, 0.25) is 0 Å². The lowest BCUT2D eigenvalue weighted by atomic mass is 10.1. The Morgan fingerprint density at radius 2 is 1.65 bits per heavy atom. The minimum absolute atomic E-state index is 0.253. The van der Waals surface area contributed by atoms with Gasteiger partial charge in [0, 0.05) is 5.39 Å². The number of aryl methyl sites for hydroxylation is 3. The molecule has 26 heavy (non-hydrogen) atoms. The molecule has 0 atom stereocenters. The van der Waals surface area contributed by atoms with Crippen LogP contribution in [0.5, 0.6) is 0 Å². The highest BCUT2D eigenvalue weighted by atomic mass is 32.1. The molecule has 0 aliphatic rings. The van der Waals surface area contributed by atoms with Crippen LogP contribution in [0.4, 0.5) is 11.6 Å². The number of rotatable bonds is 2. The summed E-state index contributed by atoms with van der Waals surface area (Å²) in [4.78, 5) is 11.8. The average molecular weight is 365 g/mol. The molecule has 0 aliphatic heterocycles. The van der Waals surface area contributed by atoms with Crippen molar-refractivity contribution in [2.45, 2.75) is 20.8 Å². The number of fused-ring (bicyclic) bond motifs is 1. The standard InChI is InChI=1S/C19H20N6S/c1-11-7-6-8-12(2)16(11)23-19(26)25-17(20)24-18-21-13(3)14-9-4-5-10-15(14)22-18/h4-10H,1-3H3,(H4,20,21,22,23,24,25,26)/p+1. The van der Waals surface area contributed by atoms with Crippen molar-refractivity contribution in [2.75, 3.05) is 10.6 Å². The van der Waals surface area contributed by atoms with Crippen molar-refractivity contribution in [3.63, 3.8) is 0 Å². The van der Waals surface area contributed by atoms with Crippen LogP contribution in [0.2, 0.25) is 0 Å². The molecular formula is C19H21N6S+. The van der Waals surface area contributed by atoms with Gasteiger partial charge in [-0.05, 0) is 50.2 Å². The minimum Gasteiger partial charge on any atom is -0.310 e. The van der Waals surface area contributed by atoms with Crippen LogP contribution in [0.15, 0.2) is 42.5 Å². The Kier molecular flexibility index (Phi) is 5.09. The van der Waals surface area contributed by atoms with Crippen LogP contribution >= 0.6 is 12.2 Å². The SMILES string of the molecule is Cc1cccc(C)c1NC(=S)[NH+]=C(N)Nc1nc(C)c2ccccc2n1. The molecular weight excluding hydrogens is 344 g/mol. The molecule has 0 saturated heterocycles. The van der Waals surface area contributed by atoms with Gasteiger partial charge in [-0.1, -0.05) is 36.4 Å². The van der Waals surface area contributed by atoms with Crippen LogP contribution in [0.3, 0.4) is 0 Å². The summed E-state index contributed by atoms with van der Waals surface area (Å²) in [6.07, 6.45) is 0. The number of nitrogens with one attached hydrogen (secondary N) is 3. The highest BCUT2D eigenvalue weighted by Crippen LogP contribution is 2.18. The molecule has 6 nitrogen and oxygen atoms in total. The summed E-state index contributed by atoms with van der Waals surface area (Å²) in [7, 11) is 0. The first-order valence-electron chi connectivity index (χ1n) is 8.21. The third kappa shape index (κ3) is 3.94. The van der Waals surface area contributed by atoms with Gasteiger partial charge in [0.25, 0.3) is 11.1 Å². The van der Waals surface area contributed by atoms with Crippen LogP contribution in [-0.2, 0) is 0 Å². The molecule has 0 aliphatic carbocycles. The van der Waals surface area contributed by atoms with Crippen molar-refractivity contribution < 1.29 is 4.99 Å². The van der Waals surface area contributed by atoms with Gasteiger partial charge in [-0.2, -0.15) is 0 Å². The Labute approximate surface area is 157 Å². The number of nitrogens with zero attached hydrogens (tertiary/aromatic N) is 2. The molecule has 5 N–H and O–H groups in total. The second kappa shape index (κ2) is 7.45. The van der Waals surface area contributed by atoms with Crippen LogP contribution in [0, 0.1) is 20.8 Å².